The van der Waals surface area contributed by atoms with E-state index in [1.165, 1.54) is 0 Å². The normalized spacial score (nSPS) is 47.1. The molecule has 9 nitrogen and oxygen atoms in total. The molecule has 0 amide bonds. The second kappa shape index (κ2) is 12.3. The highest BCUT2D eigenvalue weighted by Gasteiger charge is 2.69. The molecule has 0 radical (unpaired) electrons. The molecule has 228 valence electrons. The fourth-order valence-electron chi connectivity index (χ4n) is 7.76. The summed E-state index contributed by atoms with van der Waals surface area (Å²) in [6.45, 7) is 13.9. The molecule has 13 atom stereocenters. The number of aliphatic hydroxyl groups is 1. The number of hydrogen-bond donors (Lipinski definition) is 1. The average Bonchev–Trinajstić information content (AvgIpc) is 3.13. The van der Waals surface area contributed by atoms with E-state index in [1.54, 1.807) is 0 Å². The molecule has 1 aliphatic carbocycles. The summed E-state index contributed by atoms with van der Waals surface area (Å²) in [7, 11) is 0. The minimum atomic E-state index is -0.859. The summed E-state index contributed by atoms with van der Waals surface area (Å²) in [6.07, 6.45) is 6.35. The molecule has 6 rings (SSSR count). The Balaban J connectivity index is 1.24. The topological polar surface area (TPSA) is 102 Å². The number of fused-ring (bicyclic) bond motifs is 2. The van der Waals surface area contributed by atoms with Gasteiger partial charge in [0.2, 0.25) is 5.79 Å². The van der Waals surface area contributed by atoms with Gasteiger partial charge < -0.3 is 28.8 Å². The van der Waals surface area contributed by atoms with E-state index < -0.39 is 48.2 Å². The van der Waals surface area contributed by atoms with Crippen LogP contribution in [0.25, 0.3) is 0 Å². The highest BCUT2D eigenvalue weighted by atomic mass is 17.3. The van der Waals surface area contributed by atoms with Gasteiger partial charge in [0, 0.05) is 18.8 Å². The predicted octanol–water partition coefficient (Wildman–Crippen LogP) is 5.19. The van der Waals surface area contributed by atoms with Gasteiger partial charge in [-0.1, -0.05) is 26.3 Å². The molecule has 6 fully saturated rings. The molecule has 2 bridgehead atoms. The Morgan fingerprint density at radius 2 is 1.93 bits per heavy atom. The van der Waals surface area contributed by atoms with E-state index in [0.717, 1.165) is 51.4 Å². The van der Waals surface area contributed by atoms with Gasteiger partial charge in [0.25, 0.3) is 0 Å². The minimum absolute atomic E-state index is 0.0457. The molecule has 9 heteroatoms. The predicted molar refractivity (Wildman–Crippen MR) is 145 cm³/mol. The zero-order chi connectivity index (χ0) is 28.7. The van der Waals surface area contributed by atoms with Crippen molar-refractivity contribution in [1.29, 1.82) is 0 Å². The van der Waals surface area contributed by atoms with Gasteiger partial charge in [-0.25, -0.2) is 9.78 Å². The fraction of sp³-hybridized carbons (Fsp3) is 0.903. The van der Waals surface area contributed by atoms with Crippen molar-refractivity contribution in [1.82, 2.24) is 0 Å². The number of aliphatic hydroxyl groups excluding tert-OH is 1. The van der Waals surface area contributed by atoms with Crippen molar-refractivity contribution in [3.05, 3.63) is 12.7 Å². The average molecular weight is 567 g/mol. The van der Waals surface area contributed by atoms with Crippen LogP contribution in [0.1, 0.15) is 98.8 Å². The lowest BCUT2D eigenvalue weighted by Gasteiger charge is -2.60. The molecular formula is C31H50O9. The van der Waals surface area contributed by atoms with Crippen LogP contribution in [0.4, 0.5) is 0 Å². The van der Waals surface area contributed by atoms with Crippen molar-refractivity contribution in [2.75, 3.05) is 0 Å². The SMILES string of the molecule is C=CCCCC[C@@H](C)O[C@@H]1O[C@@H](C)[C@H](O)C[C@H]1OC(=O)C[C@H]1OC2O[C@]3(C)CC[C@H]4[C@H](C)CC[C@@H]([C@H]1C)[C@@]24OO3. The molecule has 1 unspecified atom stereocenters. The Morgan fingerprint density at radius 3 is 2.70 bits per heavy atom. The third-order valence-corrected chi connectivity index (χ3v) is 10.2. The second-order valence-corrected chi connectivity index (χ2v) is 13.2. The zero-order valence-electron chi connectivity index (χ0n) is 24.9. The first kappa shape index (κ1) is 30.4. The number of ether oxygens (including phenoxy) is 5. The monoisotopic (exact) mass is 566 g/mol. The van der Waals surface area contributed by atoms with Gasteiger partial charge in [-0.2, -0.15) is 0 Å². The summed E-state index contributed by atoms with van der Waals surface area (Å²) >= 11 is 0. The van der Waals surface area contributed by atoms with Crippen LogP contribution in [-0.4, -0.2) is 65.6 Å². The van der Waals surface area contributed by atoms with Crippen molar-refractivity contribution < 1.29 is 43.4 Å². The van der Waals surface area contributed by atoms with Crippen LogP contribution in [-0.2, 0) is 38.3 Å². The van der Waals surface area contributed by atoms with Crippen LogP contribution >= 0.6 is 0 Å². The van der Waals surface area contributed by atoms with Crippen LogP contribution in [0.2, 0.25) is 0 Å². The number of carbonyl (C=O) groups is 1. The highest BCUT2D eigenvalue weighted by Crippen LogP contribution is 2.60. The van der Waals surface area contributed by atoms with E-state index in [2.05, 4.69) is 20.4 Å². The molecule has 0 aromatic carbocycles. The summed E-state index contributed by atoms with van der Waals surface area (Å²) in [4.78, 5) is 25.5. The van der Waals surface area contributed by atoms with Gasteiger partial charge in [-0.3, -0.25) is 4.79 Å². The fourth-order valence-corrected chi connectivity index (χ4v) is 7.76. The van der Waals surface area contributed by atoms with Gasteiger partial charge in [-0.05, 0) is 77.0 Å². The number of rotatable bonds is 10. The second-order valence-electron chi connectivity index (χ2n) is 13.2. The smallest absolute Gasteiger partial charge is 0.308 e. The quantitative estimate of drug-likeness (QED) is 0.166. The van der Waals surface area contributed by atoms with Gasteiger partial charge in [0.15, 0.2) is 24.3 Å². The van der Waals surface area contributed by atoms with Gasteiger partial charge in [0.05, 0.1) is 30.8 Å². The molecule has 1 N–H and O–H groups in total. The number of unbranched alkanes of at least 4 members (excludes halogenated alkanes) is 2. The van der Waals surface area contributed by atoms with Crippen molar-refractivity contribution in [2.24, 2.45) is 23.7 Å². The lowest BCUT2D eigenvalue weighted by molar-refractivity contribution is -0.571. The number of carbonyl (C=O) groups excluding carboxylic acids is 1. The maximum Gasteiger partial charge on any atom is 0.308 e. The summed E-state index contributed by atoms with van der Waals surface area (Å²) < 4.78 is 31.1. The lowest BCUT2D eigenvalue weighted by atomic mass is 9.57. The van der Waals surface area contributed by atoms with Gasteiger partial charge in [0.1, 0.15) is 0 Å². The van der Waals surface area contributed by atoms with Crippen LogP contribution in [0.3, 0.4) is 0 Å². The molecule has 0 aromatic rings. The maximum absolute atomic E-state index is 13.4. The Kier molecular flexibility index (Phi) is 9.32. The summed E-state index contributed by atoms with van der Waals surface area (Å²) in [5.41, 5.74) is -0.661. The standard InChI is InChI=1S/C31H50O9/c1-7-8-9-10-11-19(3)34-28-26(16-24(32)21(5)35-28)36-27(33)17-25-20(4)23-13-12-18(2)22-14-15-30(6)38-29(37-25)31(22,23)40-39-30/h7,18-26,28-29,32H,1,8-17H2,2-6H3/t18-,19-,20-,21+,22+,23+,24-,25-,26-,28-,29?,30+,31-/m1/s1. The first-order valence-electron chi connectivity index (χ1n) is 15.6. The van der Waals surface area contributed by atoms with Crippen LogP contribution in [0.15, 0.2) is 12.7 Å². The zero-order valence-corrected chi connectivity index (χ0v) is 24.9. The van der Waals surface area contributed by atoms with Gasteiger partial charge in [-0.15, -0.1) is 6.58 Å². The molecule has 5 saturated heterocycles. The Hall–Kier alpha value is -1.07. The van der Waals surface area contributed by atoms with Crippen molar-refractivity contribution in [3.8, 4) is 0 Å². The van der Waals surface area contributed by atoms with Crippen molar-refractivity contribution >= 4 is 5.97 Å². The van der Waals surface area contributed by atoms with Crippen molar-refractivity contribution in [3.63, 3.8) is 0 Å². The molecule has 1 saturated carbocycles. The van der Waals surface area contributed by atoms with E-state index >= 15 is 0 Å². The lowest BCUT2D eigenvalue weighted by Crippen LogP contribution is -2.70. The summed E-state index contributed by atoms with van der Waals surface area (Å²) in [5.74, 6) is -0.308. The van der Waals surface area contributed by atoms with Crippen molar-refractivity contribution in [2.45, 2.75) is 153 Å². The minimum Gasteiger partial charge on any atom is -0.457 e. The summed E-state index contributed by atoms with van der Waals surface area (Å²) in [5, 5.41) is 10.5. The largest absolute Gasteiger partial charge is 0.457 e. The molecule has 0 aromatic heterocycles. The molecule has 40 heavy (non-hydrogen) atoms. The molecular weight excluding hydrogens is 516 g/mol. The van der Waals surface area contributed by atoms with E-state index in [0.29, 0.717) is 5.92 Å². The first-order chi connectivity index (χ1) is 19.1. The first-order valence-corrected chi connectivity index (χ1v) is 15.6. The highest BCUT2D eigenvalue weighted by molar-refractivity contribution is 5.70. The van der Waals surface area contributed by atoms with E-state index in [4.69, 9.17) is 33.5 Å². The number of hydrogen-bond acceptors (Lipinski definition) is 9. The molecule has 6 aliphatic rings. The van der Waals surface area contributed by atoms with Crippen LogP contribution < -0.4 is 0 Å². The summed E-state index contributed by atoms with van der Waals surface area (Å²) in [6, 6.07) is 0. The Morgan fingerprint density at radius 1 is 1.12 bits per heavy atom. The number of esters is 1. The van der Waals surface area contributed by atoms with Crippen LogP contribution in [0.5, 0.6) is 0 Å². The van der Waals surface area contributed by atoms with E-state index in [1.807, 2.05) is 26.8 Å². The van der Waals surface area contributed by atoms with Gasteiger partial charge >= 0.3 is 5.97 Å². The number of allylic oxidation sites excluding steroid dienone is 1. The molecule has 1 spiro atoms. The Labute approximate surface area is 239 Å². The Bertz CT molecular complexity index is 898. The molecule has 5 aliphatic heterocycles. The maximum atomic E-state index is 13.4. The molecule has 5 heterocycles. The third-order valence-electron chi connectivity index (χ3n) is 10.2. The third kappa shape index (κ3) is 5.90. The van der Waals surface area contributed by atoms with Crippen LogP contribution in [0, 0.1) is 23.7 Å². The van der Waals surface area contributed by atoms with E-state index in [-0.39, 0.29) is 42.8 Å². The van der Waals surface area contributed by atoms with E-state index in [9.17, 15) is 9.90 Å².